The lowest BCUT2D eigenvalue weighted by Gasteiger charge is -2.14. The molecule has 0 bridgehead atoms. The molecule has 37 heavy (non-hydrogen) atoms. The van der Waals surface area contributed by atoms with Crippen LogP contribution in [0.3, 0.4) is 0 Å². The molecule has 210 valence electrons. The Morgan fingerprint density at radius 2 is 1.70 bits per heavy atom. The van der Waals surface area contributed by atoms with E-state index in [0.717, 1.165) is 42.9 Å². The van der Waals surface area contributed by atoms with Crippen LogP contribution in [0, 0.1) is 5.82 Å². The van der Waals surface area contributed by atoms with Crippen LogP contribution in [0.15, 0.2) is 23.1 Å². The summed E-state index contributed by atoms with van der Waals surface area (Å²) in [7, 11) is 0. The van der Waals surface area contributed by atoms with Crippen LogP contribution < -0.4 is 11.0 Å². The molecular weight excluding hydrogens is 477 g/mol. The Bertz CT molecular complexity index is 866. The van der Waals surface area contributed by atoms with E-state index in [1.54, 1.807) is 6.92 Å². The van der Waals surface area contributed by atoms with Crippen LogP contribution in [0.5, 0.6) is 0 Å². The summed E-state index contributed by atoms with van der Waals surface area (Å²) in [4.78, 5) is 27.8. The Balaban J connectivity index is 1.49. The summed E-state index contributed by atoms with van der Waals surface area (Å²) in [5, 5.41) is 12.0. The number of hydrogen-bond donors (Lipinski definition) is 2. The summed E-state index contributed by atoms with van der Waals surface area (Å²) in [6.45, 7) is 4.14. The second kappa shape index (κ2) is 18.1. The van der Waals surface area contributed by atoms with Crippen molar-refractivity contribution in [2.24, 2.45) is 0 Å². The van der Waals surface area contributed by atoms with Crippen LogP contribution in [-0.2, 0) is 9.47 Å². The van der Waals surface area contributed by atoms with E-state index in [1.807, 2.05) is 0 Å². The van der Waals surface area contributed by atoms with Gasteiger partial charge in [0.25, 0.3) is 0 Å². The SMILES string of the molecule is CCCCCCCC/C=C\CCCCCCCCOC(=O)Nc1nc(=O)n([C@H]2C[C@@H](O)[C@H](C)O2)cc1F. The number of allylic oxidation sites excluding steroid dienone is 2. The van der Waals surface area contributed by atoms with Crippen LogP contribution in [0.1, 0.15) is 116 Å². The fourth-order valence-corrected chi connectivity index (χ4v) is 4.36. The zero-order valence-electron chi connectivity index (χ0n) is 22.6. The highest BCUT2D eigenvalue weighted by atomic mass is 19.1. The summed E-state index contributed by atoms with van der Waals surface area (Å²) in [5.74, 6) is -1.37. The number of nitrogens with zero attached hydrogens (tertiary/aromatic N) is 2. The van der Waals surface area contributed by atoms with Gasteiger partial charge in [0.05, 0.1) is 25.0 Å². The number of rotatable bonds is 18. The molecule has 0 aromatic carbocycles. The molecule has 9 heteroatoms. The van der Waals surface area contributed by atoms with Gasteiger partial charge >= 0.3 is 11.8 Å². The van der Waals surface area contributed by atoms with Crippen molar-refractivity contribution in [3.63, 3.8) is 0 Å². The van der Waals surface area contributed by atoms with Crippen molar-refractivity contribution in [1.82, 2.24) is 9.55 Å². The number of hydrogen-bond acceptors (Lipinski definition) is 6. The summed E-state index contributed by atoms with van der Waals surface area (Å²) in [5.41, 5.74) is -0.781. The number of anilines is 1. The molecule has 0 spiro atoms. The van der Waals surface area contributed by atoms with Gasteiger partial charge in [0, 0.05) is 6.42 Å². The Kier molecular flexibility index (Phi) is 15.1. The number of halogens is 1. The van der Waals surface area contributed by atoms with Crippen molar-refractivity contribution < 1.29 is 23.8 Å². The maximum atomic E-state index is 14.4. The minimum Gasteiger partial charge on any atom is -0.449 e. The van der Waals surface area contributed by atoms with Crippen molar-refractivity contribution in [2.45, 2.75) is 129 Å². The quantitative estimate of drug-likeness (QED) is 0.165. The molecule has 1 amide bonds. The second-order valence-electron chi connectivity index (χ2n) is 9.92. The molecule has 1 aromatic heterocycles. The standard InChI is InChI=1S/C28H46FN3O5/c1-3-4-5-6-7-8-9-10-11-12-13-14-15-16-17-18-19-36-28(35)31-26-23(29)21-32(27(34)30-26)25-20-24(33)22(2)37-25/h10-11,21-22,24-25,33H,3-9,12-20H2,1-2H3,(H,30,31,34,35)/b11-10-/t22-,24+,25+/m0/s1. The number of ether oxygens (including phenoxy) is 2. The first-order valence-electron chi connectivity index (χ1n) is 14.1. The van der Waals surface area contributed by atoms with E-state index in [9.17, 15) is 19.1 Å². The fourth-order valence-electron chi connectivity index (χ4n) is 4.36. The molecule has 1 aliphatic heterocycles. The van der Waals surface area contributed by atoms with Crippen molar-refractivity contribution in [3.8, 4) is 0 Å². The maximum absolute atomic E-state index is 14.4. The van der Waals surface area contributed by atoms with E-state index in [2.05, 4.69) is 29.4 Å². The van der Waals surface area contributed by atoms with Crippen LogP contribution in [0.25, 0.3) is 0 Å². The third-order valence-corrected chi connectivity index (χ3v) is 6.68. The van der Waals surface area contributed by atoms with Gasteiger partial charge in [-0.05, 0) is 39.0 Å². The summed E-state index contributed by atoms with van der Waals surface area (Å²) < 4.78 is 25.9. The first kappa shape index (κ1) is 31.0. The van der Waals surface area contributed by atoms with Gasteiger partial charge in [-0.15, -0.1) is 0 Å². The third-order valence-electron chi connectivity index (χ3n) is 6.68. The normalized spacial score (nSPS) is 19.5. The largest absolute Gasteiger partial charge is 0.449 e. The van der Waals surface area contributed by atoms with Gasteiger partial charge in [-0.1, -0.05) is 76.9 Å². The number of nitrogens with one attached hydrogen (secondary N) is 1. The molecule has 1 saturated heterocycles. The van der Waals surface area contributed by atoms with Crippen molar-refractivity contribution >= 4 is 11.9 Å². The Hall–Kier alpha value is -2.26. The van der Waals surface area contributed by atoms with Crippen molar-refractivity contribution in [2.75, 3.05) is 11.9 Å². The van der Waals surface area contributed by atoms with Gasteiger partial charge in [-0.2, -0.15) is 4.98 Å². The van der Waals surface area contributed by atoms with E-state index >= 15 is 0 Å². The van der Waals surface area contributed by atoms with Crippen LogP contribution >= 0.6 is 0 Å². The number of aliphatic hydroxyl groups is 1. The molecule has 1 fully saturated rings. The molecular formula is C28H46FN3O5. The summed E-state index contributed by atoms with van der Waals surface area (Å²) >= 11 is 0. The molecule has 1 aliphatic rings. The molecule has 3 atom stereocenters. The number of aliphatic hydroxyl groups excluding tert-OH is 1. The maximum Gasteiger partial charge on any atom is 0.412 e. The molecule has 0 radical (unpaired) electrons. The molecule has 1 aromatic rings. The number of aromatic nitrogens is 2. The van der Waals surface area contributed by atoms with Gasteiger partial charge in [-0.25, -0.2) is 14.0 Å². The predicted octanol–water partition coefficient (Wildman–Crippen LogP) is 6.64. The highest BCUT2D eigenvalue weighted by Gasteiger charge is 2.33. The lowest BCUT2D eigenvalue weighted by molar-refractivity contribution is -0.0104. The molecule has 2 N–H and O–H groups in total. The summed E-state index contributed by atoms with van der Waals surface area (Å²) in [6.07, 6.45) is 19.6. The van der Waals surface area contributed by atoms with Gasteiger partial charge in [-0.3, -0.25) is 9.88 Å². The van der Waals surface area contributed by atoms with Crippen LogP contribution in [0.2, 0.25) is 0 Å². The molecule has 0 aliphatic carbocycles. The van der Waals surface area contributed by atoms with E-state index in [4.69, 9.17) is 9.47 Å². The Morgan fingerprint density at radius 1 is 1.11 bits per heavy atom. The Morgan fingerprint density at radius 3 is 2.30 bits per heavy atom. The number of unbranched alkanes of at least 4 members (excludes halogenated alkanes) is 12. The first-order valence-corrected chi connectivity index (χ1v) is 14.1. The minimum absolute atomic E-state index is 0.160. The zero-order valence-corrected chi connectivity index (χ0v) is 22.6. The predicted molar refractivity (Wildman–Crippen MR) is 143 cm³/mol. The number of carbonyl (C=O) groups is 1. The lowest BCUT2D eigenvalue weighted by atomic mass is 10.1. The van der Waals surface area contributed by atoms with Gasteiger partial charge < -0.3 is 14.6 Å². The average molecular weight is 524 g/mol. The number of amides is 1. The molecule has 0 saturated carbocycles. The zero-order chi connectivity index (χ0) is 26.9. The van der Waals surface area contributed by atoms with Crippen LogP contribution in [0.4, 0.5) is 15.0 Å². The topological polar surface area (TPSA) is 103 Å². The monoisotopic (exact) mass is 523 g/mol. The summed E-state index contributed by atoms with van der Waals surface area (Å²) in [6, 6.07) is 0. The van der Waals surface area contributed by atoms with Crippen molar-refractivity contribution in [3.05, 3.63) is 34.7 Å². The second-order valence-corrected chi connectivity index (χ2v) is 9.92. The highest BCUT2D eigenvalue weighted by molar-refractivity contribution is 5.83. The van der Waals surface area contributed by atoms with E-state index < -0.39 is 41.9 Å². The Labute approximate surface area is 220 Å². The molecule has 8 nitrogen and oxygen atoms in total. The smallest absolute Gasteiger partial charge is 0.412 e. The van der Waals surface area contributed by atoms with Gasteiger partial charge in [0.2, 0.25) is 0 Å². The van der Waals surface area contributed by atoms with Crippen LogP contribution in [-0.4, -0.2) is 39.6 Å². The molecule has 2 rings (SSSR count). The van der Waals surface area contributed by atoms with Crippen molar-refractivity contribution in [1.29, 1.82) is 0 Å². The molecule has 0 unspecified atom stereocenters. The first-order chi connectivity index (χ1) is 17.9. The van der Waals surface area contributed by atoms with E-state index in [-0.39, 0.29) is 13.0 Å². The number of carbonyl (C=O) groups excluding carboxylic acids is 1. The average Bonchev–Trinajstić information content (AvgIpc) is 3.20. The van der Waals surface area contributed by atoms with Gasteiger partial charge in [0.1, 0.15) is 6.23 Å². The molecule has 2 heterocycles. The minimum atomic E-state index is -0.883. The van der Waals surface area contributed by atoms with E-state index in [1.165, 1.54) is 57.8 Å². The highest BCUT2D eigenvalue weighted by Crippen LogP contribution is 2.27. The lowest BCUT2D eigenvalue weighted by Crippen LogP contribution is -2.29. The van der Waals surface area contributed by atoms with E-state index in [0.29, 0.717) is 0 Å². The fraction of sp³-hybridized carbons (Fsp3) is 0.750. The van der Waals surface area contributed by atoms with Gasteiger partial charge in [0.15, 0.2) is 11.6 Å². The third kappa shape index (κ3) is 12.2.